The highest BCUT2D eigenvalue weighted by Crippen LogP contribution is 2.02. The van der Waals surface area contributed by atoms with Crippen LogP contribution in [-0.2, 0) is 33.3 Å². The van der Waals surface area contributed by atoms with Gasteiger partial charge in [0.1, 0.15) is 0 Å². The van der Waals surface area contributed by atoms with Gasteiger partial charge in [-0.05, 0) is 13.8 Å². The van der Waals surface area contributed by atoms with E-state index in [1.54, 1.807) is 13.8 Å². The second-order valence-electron chi connectivity index (χ2n) is 3.73. The molecule has 17 heavy (non-hydrogen) atoms. The molecule has 0 bridgehead atoms. The molecule has 0 fully saturated rings. The zero-order valence-electron chi connectivity index (χ0n) is 10.2. The fourth-order valence-corrected chi connectivity index (χ4v) is 1.79. The molecule has 0 aliphatic rings. The first kappa shape index (κ1) is 16.8. The van der Waals surface area contributed by atoms with Crippen LogP contribution in [0.15, 0.2) is 0 Å². The maximum absolute atomic E-state index is 10.7. The van der Waals surface area contributed by atoms with Gasteiger partial charge in [-0.1, -0.05) is 0 Å². The first-order valence-corrected chi connectivity index (χ1v) is 8.47. The van der Waals surface area contributed by atoms with Gasteiger partial charge >= 0.3 is 0 Å². The van der Waals surface area contributed by atoms with Gasteiger partial charge in [-0.2, -0.15) is 16.8 Å². The Bertz CT molecular complexity index is 371. The monoisotopic (exact) mass is 290 g/mol. The molecule has 0 spiro atoms. The second kappa shape index (κ2) is 6.64. The summed E-state index contributed by atoms with van der Waals surface area (Å²) < 4.78 is 57.1. The minimum atomic E-state index is -3.50. The van der Waals surface area contributed by atoms with E-state index in [1.807, 2.05) is 0 Å². The van der Waals surface area contributed by atoms with Gasteiger partial charge in [-0.3, -0.25) is 8.37 Å². The van der Waals surface area contributed by atoms with E-state index in [2.05, 4.69) is 8.37 Å². The lowest BCUT2D eigenvalue weighted by molar-refractivity contribution is -0.0315. The average molecular weight is 290 g/mol. The number of hydrogen-bond acceptors (Lipinski definition) is 7. The zero-order valence-corrected chi connectivity index (χ0v) is 11.9. The van der Waals surface area contributed by atoms with Crippen molar-refractivity contribution in [2.24, 2.45) is 0 Å². The van der Waals surface area contributed by atoms with Crippen LogP contribution < -0.4 is 0 Å². The van der Waals surface area contributed by atoms with Crippen LogP contribution in [0.2, 0.25) is 0 Å². The quantitative estimate of drug-likeness (QED) is 0.568. The van der Waals surface area contributed by atoms with Crippen molar-refractivity contribution in [1.29, 1.82) is 0 Å². The van der Waals surface area contributed by atoms with E-state index >= 15 is 0 Å². The molecular weight excluding hydrogens is 272 g/mol. The Hall–Kier alpha value is -0.220. The molecule has 9 heteroatoms. The summed E-state index contributed by atoms with van der Waals surface area (Å²) in [5, 5.41) is 0. The lowest BCUT2D eigenvalue weighted by atomic mass is 10.4. The van der Waals surface area contributed by atoms with E-state index in [1.165, 1.54) is 0 Å². The van der Waals surface area contributed by atoms with Gasteiger partial charge in [0.05, 0.1) is 37.9 Å². The highest BCUT2D eigenvalue weighted by Gasteiger charge is 2.13. The SMILES string of the molecule is C[C@@H](COS(C)(=O)=O)O[C@@H](C)COS(C)(=O)=O. The third-order valence-corrected chi connectivity index (χ3v) is 2.63. The smallest absolute Gasteiger partial charge is 0.264 e. The van der Waals surface area contributed by atoms with Gasteiger partial charge in [0.2, 0.25) is 0 Å². The van der Waals surface area contributed by atoms with Gasteiger partial charge in [0.25, 0.3) is 20.2 Å². The summed E-state index contributed by atoms with van der Waals surface area (Å²) >= 11 is 0. The maximum Gasteiger partial charge on any atom is 0.264 e. The number of rotatable bonds is 8. The molecule has 0 heterocycles. The van der Waals surface area contributed by atoms with E-state index in [9.17, 15) is 16.8 Å². The summed E-state index contributed by atoms with van der Waals surface area (Å²) in [4.78, 5) is 0. The molecular formula is C8H18O7S2. The standard InChI is InChI=1S/C8H18O7S2/c1-7(5-13-16(3,9)10)15-8(2)6-14-17(4,11)12/h7-8H,5-6H2,1-4H3/t7-,8-/m0/s1. The topological polar surface area (TPSA) is 96.0 Å². The molecule has 0 aliphatic heterocycles. The van der Waals surface area contributed by atoms with Crippen molar-refractivity contribution in [2.75, 3.05) is 25.7 Å². The molecule has 0 aromatic rings. The minimum absolute atomic E-state index is 0.123. The summed E-state index contributed by atoms with van der Waals surface area (Å²) in [5.74, 6) is 0. The first-order chi connectivity index (χ1) is 7.49. The highest BCUT2D eigenvalue weighted by atomic mass is 32.2. The maximum atomic E-state index is 10.7. The van der Waals surface area contributed by atoms with E-state index in [0.29, 0.717) is 0 Å². The Kier molecular flexibility index (Phi) is 6.56. The van der Waals surface area contributed by atoms with Gasteiger partial charge in [0, 0.05) is 0 Å². The molecule has 0 saturated heterocycles. The summed E-state index contributed by atoms with van der Waals surface area (Å²) in [5.41, 5.74) is 0. The molecule has 0 radical (unpaired) electrons. The predicted molar refractivity (Wildman–Crippen MR) is 61.6 cm³/mol. The average Bonchev–Trinajstić information content (AvgIpc) is 2.09. The molecule has 0 saturated carbocycles. The molecule has 7 nitrogen and oxygen atoms in total. The molecule has 0 amide bonds. The van der Waals surface area contributed by atoms with Crippen LogP contribution in [-0.4, -0.2) is 54.8 Å². The van der Waals surface area contributed by atoms with Crippen molar-refractivity contribution in [3.63, 3.8) is 0 Å². The lowest BCUT2D eigenvalue weighted by Crippen LogP contribution is -2.27. The molecule has 2 atom stereocenters. The van der Waals surface area contributed by atoms with Gasteiger partial charge in [-0.25, -0.2) is 0 Å². The van der Waals surface area contributed by atoms with E-state index < -0.39 is 32.4 Å². The van der Waals surface area contributed by atoms with Crippen molar-refractivity contribution in [2.45, 2.75) is 26.1 Å². The van der Waals surface area contributed by atoms with Crippen LogP contribution in [0.5, 0.6) is 0 Å². The Balaban J connectivity index is 3.92. The van der Waals surface area contributed by atoms with Crippen LogP contribution in [0.25, 0.3) is 0 Å². The summed E-state index contributed by atoms with van der Waals surface area (Å²) in [6.07, 6.45) is 0.914. The Morgan fingerprint density at radius 2 is 1.12 bits per heavy atom. The fourth-order valence-electron chi connectivity index (χ4n) is 0.914. The Morgan fingerprint density at radius 3 is 1.35 bits per heavy atom. The van der Waals surface area contributed by atoms with Crippen LogP contribution >= 0.6 is 0 Å². The molecule has 0 aromatic carbocycles. The van der Waals surface area contributed by atoms with Crippen LogP contribution in [0.3, 0.4) is 0 Å². The highest BCUT2D eigenvalue weighted by molar-refractivity contribution is 7.86. The van der Waals surface area contributed by atoms with Crippen molar-refractivity contribution in [3.05, 3.63) is 0 Å². The molecule has 0 aliphatic carbocycles. The third kappa shape index (κ3) is 12.0. The lowest BCUT2D eigenvalue weighted by Gasteiger charge is -2.18. The molecule has 104 valence electrons. The third-order valence-electron chi connectivity index (χ3n) is 1.50. The van der Waals surface area contributed by atoms with Crippen molar-refractivity contribution in [3.8, 4) is 0 Å². The van der Waals surface area contributed by atoms with Crippen LogP contribution in [0, 0.1) is 0 Å². The van der Waals surface area contributed by atoms with Crippen molar-refractivity contribution < 1.29 is 29.9 Å². The predicted octanol–water partition coefficient (Wildman–Crippen LogP) is -0.268. The fraction of sp³-hybridized carbons (Fsp3) is 1.00. The summed E-state index contributed by atoms with van der Waals surface area (Å²) in [6.45, 7) is 2.98. The number of hydrogen-bond donors (Lipinski definition) is 0. The van der Waals surface area contributed by atoms with Crippen molar-refractivity contribution >= 4 is 20.2 Å². The Labute approximate surface area is 102 Å². The molecule has 0 aromatic heterocycles. The van der Waals surface area contributed by atoms with Gasteiger partial charge < -0.3 is 4.74 Å². The minimum Gasteiger partial charge on any atom is -0.371 e. The van der Waals surface area contributed by atoms with E-state index in [4.69, 9.17) is 4.74 Å². The molecule has 0 rings (SSSR count). The van der Waals surface area contributed by atoms with Crippen LogP contribution in [0.1, 0.15) is 13.8 Å². The van der Waals surface area contributed by atoms with Gasteiger partial charge in [0.15, 0.2) is 0 Å². The normalized spacial score (nSPS) is 16.7. The summed E-state index contributed by atoms with van der Waals surface area (Å²) in [7, 11) is -7.00. The number of ether oxygens (including phenoxy) is 1. The summed E-state index contributed by atoms with van der Waals surface area (Å²) in [6, 6.07) is 0. The van der Waals surface area contributed by atoms with E-state index in [-0.39, 0.29) is 13.2 Å². The van der Waals surface area contributed by atoms with Crippen molar-refractivity contribution in [1.82, 2.24) is 0 Å². The zero-order chi connectivity index (χ0) is 13.7. The largest absolute Gasteiger partial charge is 0.371 e. The molecule has 0 unspecified atom stereocenters. The van der Waals surface area contributed by atoms with Crippen LogP contribution in [0.4, 0.5) is 0 Å². The second-order valence-corrected chi connectivity index (χ2v) is 7.02. The van der Waals surface area contributed by atoms with Gasteiger partial charge in [-0.15, -0.1) is 0 Å². The first-order valence-electron chi connectivity index (χ1n) is 4.84. The molecule has 0 N–H and O–H groups in total. The Morgan fingerprint density at radius 1 is 0.824 bits per heavy atom. The van der Waals surface area contributed by atoms with E-state index in [0.717, 1.165) is 12.5 Å².